The Kier molecular flexibility index (Phi) is 6.88. The first-order valence-corrected chi connectivity index (χ1v) is 17.4. The maximum absolute atomic E-state index is 2.48. The first kappa shape index (κ1) is 30.7. The van der Waals surface area contributed by atoms with Gasteiger partial charge in [-0.1, -0.05) is 154 Å². The van der Waals surface area contributed by atoms with Gasteiger partial charge in [-0.2, -0.15) is 0 Å². The van der Waals surface area contributed by atoms with Crippen LogP contribution in [0.3, 0.4) is 0 Å². The molecular formula is C46H50. The average molecular weight is 603 g/mol. The minimum Gasteiger partial charge on any atom is -0.0646 e. The molecular weight excluding hydrogens is 553 g/mol. The van der Waals surface area contributed by atoms with Crippen LogP contribution in [0.25, 0.3) is 44.5 Å². The molecule has 0 saturated carbocycles. The summed E-state index contributed by atoms with van der Waals surface area (Å²) in [6.07, 6.45) is 2.27. The highest BCUT2D eigenvalue weighted by Crippen LogP contribution is 2.52. The molecule has 7 rings (SSSR count). The molecule has 2 aliphatic rings. The van der Waals surface area contributed by atoms with Gasteiger partial charge in [-0.05, 0) is 114 Å². The summed E-state index contributed by atoms with van der Waals surface area (Å²) in [7, 11) is 0. The third-order valence-corrected chi connectivity index (χ3v) is 12.2. The van der Waals surface area contributed by atoms with E-state index in [2.05, 4.69) is 166 Å². The third-order valence-electron chi connectivity index (χ3n) is 12.2. The van der Waals surface area contributed by atoms with Crippen LogP contribution in [0.1, 0.15) is 115 Å². The van der Waals surface area contributed by atoms with E-state index in [1.165, 1.54) is 77.9 Å². The molecule has 0 N–H and O–H groups in total. The van der Waals surface area contributed by atoms with Crippen LogP contribution < -0.4 is 0 Å². The summed E-state index contributed by atoms with van der Waals surface area (Å²) in [6.45, 7) is 23.6. The van der Waals surface area contributed by atoms with Crippen molar-refractivity contribution in [1.82, 2.24) is 0 Å². The van der Waals surface area contributed by atoms with Crippen LogP contribution in [-0.4, -0.2) is 0 Å². The van der Waals surface area contributed by atoms with Gasteiger partial charge < -0.3 is 0 Å². The number of rotatable bonds is 6. The molecule has 0 heteroatoms. The van der Waals surface area contributed by atoms with Gasteiger partial charge in [-0.3, -0.25) is 0 Å². The second-order valence-corrected chi connectivity index (χ2v) is 16.3. The Labute approximate surface area is 277 Å². The van der Waals surface area contributed by atoms with Crippen LogP contribution in [0, 0.1) is 0 Å². The van der Waals surface area contributed by atoms with Gasteiger partial charge in [0.15, 0.2) is 0 Å². The zero-order valence-corrected chi connectivity index (χ0v) is 29.7. The highest BCUT2D eigenvalue weighted by atomic mass is 14.4. The molecule has 0 bridgehead atoms. The molecule has 5 aromatic rings. The van der Waals surface area contributed by atoms with E-state index in [0.717, 1.165) is 12.8 Å². The van der Waals surface area contributed by atoms with Crippen molar-refractivity contribution in [1.29, 1.82) is 0 Å². The average Bonchev–Trinajstić information content (AvgIpc) is 3.43. The fourth-order valence-corrected chi connectivity index (χ4v) is 7.94. The van der Waals surface area contributed by atoms with E-state index >= 15 is 0 Å². The zero-order valence-electron chi connectivity index (χ0n) is 29.7. The first-order chi connectivity index (χ1) is 21.7. The van der Waals surface area contributed by atoms with Crippen molar-refractivity contribution in [3.63, 3.8) is 0 Å². The monoisotopic (exact) mass is 602 g/mol. The van der Waals surface area contributed by atoms with Crippen LogP contribution in [0.5, 0.6) is 0 Å². The SMILES string of the molecule is CCC(C)(C)c1ccc2c(c1)C(C)(C)c1cc(-c3ccc(-c4ccc5c(c4)C(C)(C)c4cc(C(C)(C)CC)ccc4-5)cc3)ccc1-2. The summed E-state index contributed by atoms with van der Waals surface area (Å²) < 4.78 is 0. The topological polar surface area (TPSA) is 0 Å². The highest BCUT2D eigenvalue weighted by Gasteiger charge is 2.38. The van der Waals surface area contributed by atoms with E-state index in [1.54, 1.807) is 0 Å². The standard InChI is InChI=1S/C46H50/c1-11-43(3,4)33-19-23-37-35-21-17-31(25-39(35)45(7,8)41(37)27-33)29-13-15-30(16-14-29)32-18-22-36-38-24-20-34(44(5,6)12-2)28-42(38)46(9,10)40(36)26-32/h13-28H,11-12H2,1-10H3. The van der Waals surface area contributed by atoms with Crippen molar-refractivity contribution in [2.24, 2.45) is 0 Å². The van der Waals surface area contributed by atoms with Gasteiger partial charge in [0.1, 0.15) is 0 Å². The Hall–Kier alpha value is -3.90. The Balaban J connectivity index is 1.19. The van der Waals surface area contributed by atoms with Crippen molar-refractivity contribution in [3.05, 3.63) is 130 Å². The molecule has 0 spiro atoms. The molecule has 0 unspecified atom stereocenters. The normalized spacial score (nSPS) is 15.7. The van der Waals surface area contributed by atoms with Gasteiger partial charge in [0.25, 0.3) is 0 Å². The van der Waals surface area contributed by atoms with Crippen molar-refractivity contribution >= 4 is 0 Å². The van der Waals surface area contributed by atoms with Crippen molar-refractivity contribution < 1.29 is 0 Å². The number of benzene rings is 5. The molecule has 0 heterocycles. The lowest BCUT2D eigenvalue weighted by molar-refractivity contribution is 0.504. The predicted molar refractivity (Wildman–Crippen MR) is 199 cm³/mol. The molecule has 46 heavy (non-hydrogen) atoms. The Bertz CT molecular complexity index is 1850. The van der Waals surface area contributed by atoms with Crippen LogP contribution in [0.4, 0.5) is 0 Å². The van der Waals surface area contributed by atoms with E-state index in [0.29, 0.717) is 0 Å². The lowest BCUT2D eigenvalue weighted by atomic mass is 9.77. The quantitative estimate of drug-likeness (QED) is 0.181. The van der Waals surface area contributed by atoms with Crippen LogP contribution in [-0.2, 0) is 21.7 Å². The van der Waals surface area contributed by atoms with E-state index in [9.17, 15) is 0 Å². The van der Waals surface area contributed by atoms with Gasteiger partial charge >= 0.3 is 0 Å². The summed E-state index contributed by atoms with van der Waals surface area (Å²) in [5.74, 6) is 0. The Morgan fingerprint density at radius 1 is 0.391 bits per heavy atom. The minimum atomic E-state index is -0.0255. The van der Waals surface area contributed by atoms with Crippen LogP contribution in [0.2, 0.25) is 0 Å². The van der Waals surface area contributed by atoms with Gasteiger partial charge in [-0.15, -0.1) is 0 Å². The fraction of sp³-hybridized carbons (Fsp3) is 0.348. The van der Waals surface area contributed by atoms with E-state index in [1.807, 2.05) is 0 Å². The van der Waals surface area contributed by atoms with E-state index in [-0.39, 0.29) is 21.7 Å². The van der Waals surface area contributed by atoms with Crippen LogP contribution >= 0.6 is 0 Å². The molecule has 0 nitrogen and oxygen atoms in total. The van der Waals surface area contributed by atoms with Gasteiger partial charge in [0.05, 0.1) is 0 Å². The van der Waals surface area contributed by atoms with E-state index < -0.39 is 0 Å². The van der Waals surface area contributed by atoms with Crippen LogP contribution in [0.15, 0.2) is 97.1 Å². The number of hydrogen-bond donors (Lipinski definition) is 0. The molecule has 5 aromatic carbocycles. The third kappa shape index (κ3) is 4.55. The second kappa shape index (κ2) is 10.3. The van der Waals surface area contributed by atoms with Crippen molar-refractivity contribution in [3.8, 4) is 44.5 Å². The van der Waals surface area contributed by atoms with Gasteiger partial charge in [-0.25, -0.2) is 0 Å². The number of hydrogen-bond acceptors (Lipinski definition) is 0. The fourth-order valence-electron chi connectivity index (χ4n) is 7.94. The van der Waals surface area contributed by atoms with Crippen molar-refractivity contribution in [2.45, 2.75) is 104 Å². The second-order valence-electron chi connectivity index (χ2n) is 16.3. The molecule has 0 radical (unpaired) electrons. The number of fused-ring (bicyclic) bond motifs is 6. The molecule has 234 valence electrons. The summed E-state index contributed by atoms with van der Waals surface area (Å²) in [6, 6.07) is 37.8. The molecule has 0 saturated heterocycles. The smallest absolute Gasteiger partial charge is 0.0159 e. The maximum atomic E-state index is 2.48. The summed E-state index contributed by atoms with van der Waals surface area (Å²) >= 11 is 0. The maximum Gasteiger partial charge on any atom is 0.0159 e. The zero-order chi connectivity index (χ0) is 32.8. The Morgan fingerprint density at radius 2 is 0.674 bits per heavy atom. The van der Waals surface area contributed by atoms with Gasteiger partial charge in [0, 0.05) is 10.8 Å². The molecule has 0 aliphatic heterocycles. The lowest BCUT2D eigenvalue weighted by Gasteiger charge is -2.27. The predicted octanol–water partition coefficient (Wildman–Crippen LogP) is 13.0. The minimum absolute atomic E-state index is 0.0255. The van der Waals surface area contributed by atoms with Gasteiger partial charge in [0.2, 0.25) is 0 Å². The Morgan fingerprint density at radius 3 is 1.00 bits per heavy atom. The van der Waals surface area contributed by atoms with E-state index in [4.69, 9.17) is 0 Å². The molecule has 0 aromatic heterocycles. The molecule has 0 fully saturated rings. The molecule has 2 aliphatic carbocycles. The lowest BCUT2D eigenvalue weighted by Crippen LogP contribution is -2.19. The summed E-state index contributed by atoms with van der Waals surface area (Å²) in [4.78, 5) is 0. The highest BCUT2D eigenvalue weighted by molar-refractivity contribution is 5.86. The largest absolute Gasteiger partial charge is 0.0646 e. The first-order valence-electron chi connectivity index (χ1n) is 17.4. The molecule has 0 atom stereocenters. The summed E-state index contributed by atoms with van der Waals surface area (Å²) in [5, 5.41) is 0. The summed E-state index contributed by atoms with van der Waals surface area (Å²) in [5.41, 5.74) is 19.6. The molecule has 0 amide bonds. The van der Waals surface area contributed by atoms with Crippen molar-refractivity contribution in [2.75, 3.05) is 0 Å².